The van der Waals surface area contributed by atoms with Crippen LogP contribution in [0.5, 0.6) is 0 Å². The second kappa shape index (κ2) is 8.01. The van der Waals surface area contributed by atoms with Gasteiger partial charge in [0.25, 0.3) is 0 Å². The van der Waals surface area contributed by atoms with Gasteiger partial charge in [0, 0.05) is 47.6 Å². The van der Waals surface area contributed by atoms with E-state index in [9.17, 15) is 0 Å². The first-order chi connectivity index (χ1) is 13.1. The van der Waals surface area contributed by atoms with Gasteiger partial charge in [0.15, 0.2) is 0 Å². The summed E-state index contributed by atoms with van der Waals surface area (Å²) in [7, 11) is 0. The first kappa shape index (κ1) is 19.1. The van der Waals surface area contributed by atoms with Crippen LogP contribution in [0.15, 0.2) is 28.7 Å². The molecule has 1 N–H and O–H groups in total. The zero-order valence-electron chi connectivity index (χ0n) is 15.0. The molecule has 5 nitrogen and oxygen atoms in total. The van der Waals surface area contributed by atoms with Crippen molar-refractivity contribution in [2.24, 2.45) is 0 Å². The van der Waals surface area contributed by atoms with Crippen LogP contribution in [0.4, 0.5) is 5.82 Å². The zero-order chi connectivity index (χ0) is 19.0. The minimum Gasteiger partial charge on any atom is -0.395 e. The highest BCUT2D eigenvalue weighted by molar-refractivity contribution is 9.10. The van der Waals surface area contributed by atoms with E-state index < -0.39 is 0 Å². The van der Waals surface area contributed by atoms with Gasteiger partial charge in [-0.2, -0.15) is 4.98 Å². The predicted molar refractivity (Wildman–Crippen MR) is 116 cm³/mol. The van der Waals surface area contributed by atoms with Gasteiger partial charge in [0.1, 0.15) is 10.6 Å². The van der Waals surface area contributed by atoms with Crippen LogP contribution < -0.4 is 4.90 Å². The monoisotopic (exact) mass is 466 g/mol. The zero-order valence-corrected chi connectivity index (χ0v) is 18.1. The maximum atomic E-state index is 9.17. The second-order valence-electron chi connectivity index (χ2n) is 6.59. The number of aliphatic hydroxyl groups excluding tert-OH is 1. The molecule has 1 aliphatic rings. The van der Waals surface area contributed by atoms with Crippen molar-refractivity contribution >= 4 is 54.9 Å². The van der Waals surface area contributed by atoms with Crippen molar-refractivity contribution in [1.29, 1.82) is 0 Å². The third kappa shape index (κ3) is 3.84. The van der Waals surface area contributed by atoms with Crippen molar-refractivity contribution in [3.63, 3.8) is 0 Å². The molecular weight excluding hydrogens is 448 g/mol. The number of fused-ring (bicyclic) bond motifs is 1. The lowest BCUT2D eigenvalue weighted by Gasteiger charge is -2.35. The molecule has 142 valence electrons. The van der Waals surface area contributed by atoms with Crippen molar-refractivity contribution in [2.45, 2.75) is 6.92 Å². The molecule has 1 fully saturated rings. The fourth-order valence-electron chi connectivity index (χ4n) is 3.59. The Bertz CT molecular complexity index is 954. The summed E-state index contributed by atoms with van der Waals surface area (Å²) >= 11 is 11.4. The summed E-state index contributed by atoms with van der Waals surface area (Å²) in [6.07, 6.45) is 0. The van der Waals surface area contributed by atoms with Crippen LogP contribution >= 0.6 is 38.9 Å². The maximum absolute atomic E-state index is 9.17. The van der Waals surface area contributed by atoms with E-state index in [2.05, 4.69) is 66.9 Å². The molecule has 1 saturated heterocycles. The van der Waals surface area contributed by atoms with Crippen LogP contribution in [0.3, 0.4) is 0 Å². The molecular formula is C19H20BrClN4OS. The number of aryl methyl sites for hydroxylation is 1. The summed E-state index contributed by atoms with van der Waals surface area (Å²) in [4.78, 5) is 15.8. The summed E-state index contributed by atoms with van der Waals surface area (Å²) in [5.41, 5.74) is 2.35. The Morgan fingerprint density at radius 1 is 1.15 bits per heavy atom. The first-order valence-corrected chi connectivity index (χ1v) is 10.9. The Morgan fingerprint density at radius 3 is 2.52 bits per heavy atom. The number of hydrogen-bond acceptors (Lipinski definition) is 6. The summed E-state index contributed by atoms with van der Waals surface area (Å²) in [6.45, 7) is 6.56. The van der Waals surface area contributed by atoms with Gasteiger partial charge in [-0.3, -0.25) is 4.90 Å². The van der Waals surface area contributed by atoms with Crippen molar-refractivity contribution in [3.8, 4) is 11.1 Å². The molecule has 0 amide bonds. The Morgan fingerprint density at radius 2 is 1.85 bits per heavy atom. The average molecular weight is 468 g/mol. The quantitative estimate of drug-likeness (QED) is 0.583. The lowest BCUT2D eigenvalue weighted by atomic mass is 10.0. The smallest absolute Gasteiger partial charge is 0.225 e. The largest absolute Gasteiger partial charge is 0.395 e. The second-order valence-corrected chi connectivity index (χ2v) is 9.05. The topological polar surface area (TPSA) is 52.5 Å². The van der Waals surface area contributed by atoms with Crippen LogP contribution in [0, 0.1) is 6.92 Å². The highest BCUT2D eigenvalue weighted by Crippen LogP contribution is 2.42. The molecule has 0 unspecified atom stereocenters. The average Bonchev–Trinajstić information content (AvgIpc) is 2.98. The van der Waals surface area contributed by atoms with E-state index in [0.717, 1.165) is 58.8 Å². The molecule has 4 rings (SSSR count). The molecule has 0 saturated carbocycles. The predicted octanol–water partition coefficient (Wildman–Crippen LogP) is 4.20. The van der Waals surface area contributed by atoms with Gasteiger partial charge in [-0.05, 0) is 36.2 Å². The molecule has 8 heteroatoms. The number of benzene rings is 1. The number of piperazine rings is 1. The van der Waals surface area contributed by atoms with Gasteiger partial charge < -0.3 is 10.0 Å². The highest BCUT2D eigenvalue weighted by atomic mass is 79.9. The van der Waals surface area contributed by atoms with Gasteiger partial charge in [0.05, 0.1) is 12.0 Å². The molecule has 0 radical (unpaired) electrons. The van der Waals surface area contributed by atoms with E-state index in [1.54, 1.807) is 11.3 Å². The van der Waals surface area contributed by atoms with Crippen molar-refractivity contribution in [1.82, 2.24) is 14.9 Å². The number of halogens is 2. The molecule has 1 aromatic carbocycles. The molecule has 0 aliphatic carbocycles. The van der Waals surface area contributed by atoms with E-state index in [0.29, 0.717) is 5.28 Å². The maximum Gasteiger partial charge on any atom is 0.225 e. The molecule has 1 aliphatic heterocycles. The number of anilines is 1. The minimum atomic E-state index is 0.195. The molecule has 2 aromatic heterocycles. The van der Waals surface area contributed by atoms with E-state index >= 15 is 0 Å². The molecule has 3 heterocycles. The number of β-amino-alcohol motifs (C(OH)–C–C–N with tert-alkyl or cyclic N) is 1. The fraction of sp³-hybridized carbons (Fsp3) is 0.368. The van der Waals surface area contributed by atoms with Crippen LogP contribution in [-0.2, 0) is 0 Å². The standard InChI is InChI=1S/C19H20BrClN4OS/c1-12-15(13-2-4-14(20)5-3-13)16-17(22-19(21)23-18(16)27-12)25-8-6-24(7-9-25)10-11-26/h2-5,26H,6-11H2,1H3. The fourth-order valence-corrected chi connectivity index (χ4v) is 5.10. The molecule has 3 aromatic rings. The lowest BCUT2D eigenvalue weighted by molar-refractivity contribution is 0.188. The van der Waals surface area contributed by atoms with Crippen LogP contribution in [0.2, 0.25) is 5.28 Å². The number of hydrogen-bond donors (Lipinski definition) is 1. The normalized spacial score (nSPS) is 15.6. The van der Waals surface area contributed by atoms with E-state index in [4.69, 9.17) is 16.7 Å². The Hall–Kier alpha value is -1.25. The summed E-state index contributed by atoms with van der Waals surface area (Å²) in [6, 6.07) is 8.36. The van der Waals surface area contributed by atoms with Gasteiger partial charge in [-0.15, -0.1) is 11.3 Å². The number of rotatable bonds is 4. The minimum absolute atomic E-state index is 0.195. The van der Waals surface area contributed by atoms with Crippen molar-refractivity contribution in [2.75, 3.05) is 44.2 Å². The first-order valence-electron chi connectivity index (χ1n) is 8.87. The molecule has 27 heavy (non-hydrogen) atoms. The number of thiophene rings is 1. The molecule has 0 bridgehead atoms. The van der Waals surface area contributed by atoms with Gasteiger partial charge >= 0.3 is 0 Å². The lowest BCUT2D eigenvalue weighted by Crippen LogP contribution is -2.47. The SMILES string of the molecule is Cc1sc2nc(Cl)nc(N3CCN(CCO)CC3)c2c1-c1ccc(Br)cc1. The molecule has 0 spiro atoms. The van der Waals surface area contributed by atoms with E-state index in [1.165, 1.54) is 10.4 Å². The van der Waals surface area contributed by atoms with Crippen molar-refractivity contribution < 1.29 is 5.11 Å². The highest BCUT2D eigenvalue weighted by Gasteiger charge is 2.24. The van der Waals surface area contributed by atoms with Crippen LogP contribution in [0.1, 0.15) is 4.88 Å². The Balaban J connectivity index is 1.80. The van der Waals surface area contributed by atoms with Crippen molar-refractivity contribution in [3.05, 3.63) is 38.9 Å². The van der Waals surface area contributed by atoms with Gasteiger partial charge in [0.2, 0.25) is 5.28 Å². The Labute approximate surface area is 175 Å². The van der Waals surface area contributed by atoms with E-state index in [1.807, 2.05) is 0 Å². The van der Waals surface area contributed by atoms with Crippen LogP contribution in [0.25, 0.3) is 21.3 Å². The number of aliphatic hydroxyl groups is 1. The van der Waals surface area contributed by atoms with Gasteiger partial charge in [-0.25, -0.2) is 4.98 Å². The van der Waals surface area contributed by atoms with Crippen LogP contribution in [-0.4, -0.2) is 59.3 Å². The number of nitrogens with zero attached hydrogens (tertiary/aromatic N) is 4. The summed E-state index contributed by atoms with van der Waals surface area (Å²) in [5, 5.41) is 10.5. The third-order valence-electron chi connectivity index (χ3n) is 4.90. The van der Waals surface area contributed by atoms with E-state index in [-0.39, 0.29) is 6.61 Å². The summed E-state index contributed by atoms with van der Waals surface area (Å²) in [5.74, 6) is 0.913. The Kier molecular flexibility index (Phi) is 5.66. The number of aromatic nitrogens is 2. The summed E-state index contributed by atoms with van der Waals surface area (Å²) < 4.78 is 1.06. The molecule has 0 atom stereocenters. The van der Waals surface area contributed by atoms with Gasteiger partial charge in [-0.1, -0.05) is 28.1 Å². The third-order valence-corrected chi connectivity index (χ3v) is 6.60.